The van der Waals surface area contributed by atoms with Gasteiger partial charge in [0.2, 0.25) is 0 Å². The molecule has 70 valence electrons. The lowest BCUT2D eigenvalue weighted by Crippen LogP contribution is -1.81. The maximum Gasteiger partial charge on any atom is 0.138 e. The Kier molecular flexibility index (Phi) is 2.42. The van der Waals surface area contributed by atoms with Crippen molar-refractivity contribution in [2.45, 2.75) is 19.6 Å². The zero-order chi connectivity index (χ0) is 9.26. The van der Waals surface area contributed by atoms with Gasteiger partial charge in [-0.3, -0.25) is 0 Å². The van der Waals surface area contributed by atoms with Crippen LogP contribution in [0.25, 0.3) is 0 Å². The van der Waals surface area contributed by atoms with E-state index in [1.807, 2.05) is 18.2 Å². The van der Waals surface area contributed by atoms with E-state index in [2.05, 4.69) is 6.92 Å². The minimum Gasteiger partial charge on any atom is -0.487 e. The van der Waals surface area contributed by atoms with Gasteiger partial charge < -0.3 is 9.47 Å². The van der Waals surface area contributed by atoms with Gasteiger partial charge in [-0.25, -0.2) is 0 Å². The molecule has 13 heavy (non-hydrogen) atoms. The zero-order valence-corrected chi connectivity index (χ0v) is 8.17. The van der Waals surface area contributed by atoms with Crippen molar-refractivity contribution in [2.75, 3.05) is 6.61 Å². The van der Waals surface area contributed by atoms with Crippen LogP contribution in [-0.4, -0.2) is 12.7 Å². The van der Waals surface area contributed by atoms with E-state index >= 15 is 0 Å². The van der Waals surface area contributed by atoms with Gasteiger partial charge in [0.05, 0.1) is 17.7 Å². The van der Waals surface area contributed by atoms with Gasteiger partial charge in [0.25, 0.3) is 0 Å². The first-order valence-electron chi connectivity index (χ1n) is 4.29. The monoisotopic (exact) mass is 198 g/mol. The molecular formula is C10H11ClO2. The molecule has 0 radical (unpaired) electrons. The Morgan fingerprint density at radius 2 is 2.15 bits per heavy atom. The highest BCUT2D eigenvalue weighted by Gasteiger charge is 2.13. The molecule has 2 heterocycles. The van der Waals surface area contributed by atoms with Crippen LogP contribution in [0, 0.1) is 0 Å². The SMILES string of the molecule is CC1CO1.Clc1c2cccc1OC2. The van der Waals surface area contributed by atoms with Crippen molar-refractivity contribution in [2.24, 2.45) is 0 Å². The number of fused-ring (bicyclic) bond motifs is 2. The average Bonchev–Trinajstić information content (AvgIpc) is 2.86. The predicted octanol–water partition coefficient (Wildman–Crippen LogP) is 2.64. The van der Waals surface area contributed by atoms with E-state index in [-0.39, 0.29) is 0 Å². The van der Waals surface area contributed by atoms with Crippen LogP contribution >= 0.6 is 11.6 Å². The summed E-state index contributed by atoms with van der Waals surface area (Å²) < 4.78 is 9.89. The van der Waals surface area contributed by atoms with Gasteiger partial charge in [0.1, 0.15) is 12.4 Å². The van der Waals surface area contributed by atoms with Gasteiger partial charge in [0.15, 0.2) is 0 Å². The van der Waals surface area contributed by atoms with Gasteiger partial charge in [-0.15, -0.1) is 0 Å². The summed E-state index contributed by atoms with van der Waals surface area (Å²) in [5, 5.41) is 0.775. The fourth-order valence-corrected chi connectivity index (χ4v) is 1.27. The standard InChI is InChI=1S/C7H5ClO.C3H6O/c8-7-5-2-1-3-6(7)9-4-5;1-3-2-4-3/h1-3H,4H2;3H,2H2,1H3. The van der Waals surface area contributed by atoms with Crippen LogP contribution in [0.5, 0.6) is 5.75 Å². The molecule has 3 heteroatoms. The second-order valence-corrected chi connectivity index (χ2v) is 3.54. The molecule has 2 bridgehead atoms. The minimum absolute atomic E-state index is 0.583. The van der Waals surface area contributed by atoms with Crippen molar-refractivity contribution in [1.82, 2.24) is 0 Å². The average molecular weight is 199 g/mol. The summed E-state index contributed by atoms with van der Waals surface area (Å²) in [7, 11) is 0. The van der Waals surface area contributed by atoms with Gasteiger partial charge in [-0.05, 0) is 13.0 Å². The van der Waals surface area contributed by atoms with Gasteiger partial charge in [-0.1, -0.05) is 23.7 Å². The number of hydrogen-bond donors (Lipinski definition) is 0. The molecule has 1 unspecified atom stereocenters. The number of hydrogen-bond acceptors (Lipinski definition) is 2. The van der Waals surface area contributed by atoms with Crippen LogP contribution in [0.3, 0.4) is 0 Å². The smallest absolute Gasteiger partial charge is 0.138 e. The third-order valence-electron chi connectivity index (χ3n) is 1.93. The van der Waals surface area contributed by atoms with Crippen molar-refractivity contribution in [3.05, 3.63) is 28.8 Å². The van der Waals surface area contributed by atoms with E-state index in [4.69, 9.17) is 21.1 Å². The van der Waals surface area contributed by atoms with Crippen LogP contribution in [0.2, 0.25) is 5.02 Å². The predicted molar refractivity (Wildman–Crippen MR) is 51.2 cm³/mol. The van der Waals surface area contributed by atoms with E-state index in [0.717, 1.165) is 22.9 Å². The third kappa shape index (κ3) is 2.14. The summed E-state index contributed by atoms with van der Waals surface area (Å²) in [4.78, 5) is 0. The lowest BCUT2D eigenvalue weighted by molar-refractivity contribution is 0.328. The fourth-order valence-electron chi connectivity index (χ4n) is 1.03. The first kappa shape index (κ1) is 8.85. The molecule has 2 aliphatic heterocycles. The molecule has 0 spiro atoms. The summed E-state index contributed by atoms with van der Waals surface area (Å²) in [5.41, 5.74) is 1.09. The second kappa shape index (κ2) is 3.56. The molecule has 1 saturated heterocycles. The first-order chi connectivity index (χ1) is 6.27. The van der Waals surface area contributed by atoms with Crippen LogP contribution in [0.4, 0.5) is 0 Å². The summed E-state index contributed by atoms with van der Waals surface area (Å²) in [6, 6.07) is 5.79. The van der Waals surface area contributed by atoms with E-state index < -0.39 is 0 Å². The largest absolute Gasteiger partial charge is 0.487 e. The molecule has 3 rings (SSSR count). The Balaban J connectivity index is 0.000000137. The molecule has 2 nitrogen and oxygen atoms in total. The lowest BCUT2D eigenvalue weighted by Gasteiger charge is -1.90. The van der Waals surface area contributed by atoms with Crippen molar-refractivity contribution in [3.63, 3.8) is 0 Å². The molecule has 0 amide bonds. The molecule has 1 aromatic carbocycles. The maximum atomic E-state index is 5.82. The third-order valence-corrected chi connectivity index (χ3v) is 2.36. The Hall–Kier alpha value is -0.730. The molecular weight excluding hydrogens is 188 g/mol. The van der Waals surface area contributed by atoms with Crippen LogP contribution in [0.15, 0.2) is 18.2 Å². The maximum absolute atomic E-state index is 5.82. The number of epoxide rings is 1. The highest BCUT2D eigenvalue weighted by atomic mass is 35.5. The summed E-state index contributed by atoms with van der Waals surface area (Å²) in [5.74, 6) is 0.814. The Labute approximate surface area is 82.4 Å². The van der Waals surface area contributed by atoms with E-state index in [0.29, 0.717) is 12.7 Å². The Morgan fingerprint density at radius 1 is 1.46 bits per heavy atom. The number of rotatable bonds is 0. The second-order valence-electron chi connectivity index (χ2n) is 3.16. The van der Waals surface area contributed by atoms with Crippen LogP contribution < -0.4 is 4.74 Å². The number of ether oxygens (including phenoxy) is 2. The van der Waals surface area contributed by atoms with Crippen molar-refractivity contribution < 1.29 is 9.47 Å². The summed E-state index contributed by atoms with van der Waals surface area (Å²) in [6.07, 6.45) is 0.583. The van der Waals surface area contributed by atoms with Crippen molar-refractivity contribution in [3.8, 4) is 5.75 Å². The van der Waals surface area contributed by atoms with Crippen LogP contribution in [-0.2, 0) is 11.3 Å². The quantitative estimate of drug-likeness (QED) is 0.598. The normalized spacial score (nSPS) is 21.5. The molecule has 0 aliphatic carbocycles. The highest BCUT2D eigenvalue weighted by Crippen LogP contribution is 2.34. The molecule has 0 N–H and O–H groups in total. The molecule has 1 atom stereocenters. The number of halogens is 1. The van der Waals surface area contributed by atoms with Gasteiger partial charge in [0, 0.05) is 5.56 Å². The fraction of sp³-hybridized carbons (Fsp3) is 0.400. The molecule has 0 saturated carbocycles. The minimum atomic E-state index is 0.583. The summed E-state index contributed by atoms with van der Waals surface area (Å²) in [6.45, 7) is 3.68. The topological polar surface area (TPSA) is 21.8 Å². The van der Waals surface area contributed by atoms with Crippen molar-refractivity contribution in [1.29, 1.82) is 0 Å². The van der Waals surface area contributed by atoms with E-state index in [1.165, 1.54) is 0 Å². The molecule has 0 aromatic heterocycles. The summed E-state index contributed by atoms with van der Waals surface area (Å²) >= 11 is 5.82. The van der Waals surface area contributed by atoms with E-state index in [9.17, 15) is 0 Å². The zero-order valence-electron chi connectivity index (χ0n) is 7.42. The molecule has 1 aromatic rings. The number of benzene rings is 1. The Bertz CT molecular complexity index is 286. The molecule has 2 aliphatic rings. The molecule has 1 fully saturated rings. The first-order valence-corrected chi connectivity index (χ1v) is 4.67. The van der Waals surface area contributed by atoms with Crippen LogP contribution in [0.1, 0.15) is 12.5 Å². The van der Waals surface area contributed by atoms with Gasteiger partial charge >= 0.3 is 0 Å². The highest BCUT2D eigenvalue weighted by molar-refractivity contribution is 6.33. The lowest BCUT2D eigenvalue weighted by atomic mass is 10.2. The Morgan fingerprint density at radius 3 is 2.62 bits per heavy atom. The van der Waals surface area contributed by atoms with Crippen molar-refractivity contribution >= 4 is 11.6 Å². The van der Waals surface area contributed by atoms with Gasteiger partial charge in [-0.2, -0.15) is 0 Å². The van der Waals surface area contributed by atoms with E-state index in [1.54, 1.807) is 0 Å².